The molecule has 1 aliphatic rings. The van der Waals surface area contributed by atoms with Crippen LogP contribution in [0.2, 0.25) is 0 Å². The molecule has 0 amide bonds. The molecule has 0 saturated carbocycles. The SMILES string of the molecule is C=I[C@@H](C)c1ccc(C2=CC[C@](C)(C[C@@H](C)C(=C)c3ccccc3C(C)=Ic3ccc(C(C)(C)C)cc3C)/C(=C\CC)C2(C)C)cc1. The molecule has 47 heavy (non-hydrogen) atoms. The summed E-state index contributed by atoms with van der Waals surface area (Å²) in [6, 6.07) is 25.6. The van der Waals surface area contributed by atoms with E-state index in [1.165, 1.54) is 51.6 Å². The van der Waals surface area contributed by atoms with E-state index in [9.17, 15) is 0 Å². The van der Waals surface area contributed by atoms with E-state index in [0.717, 1.165) is 19.3 Å². The fourth-order valence-corrected chi connectivity index (χ4v) is 11.0. The second kappa shape index (κ2) is 15.3. The maximum atomic E-state index is 4.79. The summed E-state index contributed by atoms with van der Waals surface area (Å²) in [7, 11) is 0. The Morgan fingerprint density at radius 3 is 2.17 bits per heavy atom. The first kappa shape index (κ1) is 37.9. The number of rotatable bonds is 10. The molecular formula is C45H58I2. The minimum atomic E-state index is -0.279. The van der Waals surface area contributed by atoms with Crippen LogP contribution in [0.3, 0.4) is 0 Å². The quantitative estimate of drug-likeness (QED) is 0.108. The van der Waals surface area contributed by atoms with Gasteiger partial charge in [-0.2, -0.15) is 0 Å². The van der Waals surface area contributed by atoms with Crippen LogP contribution in [0.5, 0.6) is 0 Å². The summed E-state index contributed by atoms with van der Waals surface area (Å²) >= 11 is -0.320. The van der Waals surface area contributed by atoms with Crippen molar-refractivity contribution in [1.29, 1.82) is 0 Å². The smallest absolute Gasteiger partial charge is 0.0278 e. The minimum Gasteiger partial charge on any atom is -0.123 e. The molecule has 0 fully saturated rings. The van der Waals surface area contributed by atoms with Gasteiger partial charge in [-0.3, -0.25) is 0 Å². The summed E-state index contributed by atoms with van der Waals surface area (Å²) in [4.78, 5) is 0. The van der Waals surface area contributed by atoms with Crippen molar-refractivity contribution in [3.05, 3.63) is 128 Å². The molecule has 1 aliphatic carbocycles. The number of halogens is 2. The average Bonchev–Trinajstić information content (AvgIpc) is 3.02. The van der Waals surface area contributed by atoms with Gasteiger partial charge in [0.25, 0.3) is 0 Å². The van der Waals surface area contributed by atoms with Crippen LogP contribution < -0.4 is 0 Å². The van der Waals surface area contributed by atoms with Crippen molar-refractivity contribution in [3.63, 3.8) is 0 Å². The highest BCUT2D eigenvalue weighted by molar-refractivity contribution is 14.2. The van der Waals surface area contributed by atoms with Gasteiger partial charge in [-0.25, -0.2) is 0 Å². The van der Waals surface area contributed by atoms with Gasteiger partial charge >= 0.3 is 0 Å². The summed E-state index contributed by atoms with van der Waals surface area (Å²) in [6.45, 7) is 30.7. The molecule has 0 aromatic heterocycles. The molecule has 3 atom stereocenters. The van der Waals surface area contributed by atoms with Crippen molar-refractivity contribution in [2.24, 2.45) is 16.7 Å². The van der Waals surface area contributed by atoms with E-state index < -0.39 is 0 Å². The second-order valence-corrected chi connectivity index (χ2v) is 21.5. The van der Waals surface area contributed by atoms with Crippen LogP contribution in [-0.4, -0.2) is 8.02 Å². The molecule has 0 aliphatic heterocycles. The predicted octanol–water partition coefficient (Wildman–Crippen LogP) is 14.0. The van der Waals surface area contributed by atoms with Gasteiger partial charge in [0.05, 0.1) is 0 Å². The van der Waals surface area contributed by atoms with Crippen LogP contribution in [-0.2, 0) is 5.41 Å². The second-order valence-electron chi connectivity index (χ2n) is 15.4. The molecule has 0 nitrogen and oxygen atoms in total. The van der Waals surface area contributed by atoms with Gasteiger partial charge in [0.1, 0.15) is 0 Å². The van der Waals surface area contributed by atoms with Gasteiger partial charge in [-0.05, 0) is 111 Å². The Bertz CT molecular complexity index is 1700. The van der Waals surface area contributed by atoms with Crippen molar-refractivity contribution in [1.82, 2.24) is 0 Å². The number of alkyl halides is 1. The molecule has 0 spiro atoms. The molecule has 252 valence electrons. The topological polar surface area (TPSA) is 0 Å². The Morgan fingerprint density at radius 1 is 0.957 bits per heavy atom. The van der Waals surface area contributed by atoms with Crippen LogP contribution in [0.4, 0.5) is 0 Å². The van der Waals surface area contributed by atoms with Crippen LogP contribution in [0.1, 0.15) is 126 Å². The molecule has 3 aromatic carbocycles. The molecule has 2 heteroatoms. The first-order valence-electron chi connectivity index (χ1n) is 17.3. The first-order valence-corrected chi connectivity index (χ1v) is 22.2. The molecule has 0 N–H and O–H groups in total. The van der Waals surface area contributed by atoms with Crippen molar-refractivity contribution in [2.45, 2.75) is 105 Å². The molecular weight excluding hydrogens is 794 g/mol. The fourth-order valence-electron chi connectivity index (χ4n) is 7.54. The summed E-state index contributed by atoms with van der Waals surface area (Å²) in [6.07, 6.45) is 8.29. The summed E-state index contributed by atoms with van der Waals surface area (Å²) in [5.74, 6) is 0.359. The highest BCUT2D eigenvalue weighted by atomic mass is 127. The van der Waals surface area contributed by atoms with E-state index in [1.54, 1.807) is 5.57 Å². The van der Waals surface area contributed by atoms with Crippen LogP contribution in [0.25, 0.3) is 11.1 Å². The Kier molecular flexibility index (Phi) is 12.3. The number of benzene rings is 3. The molecule has 0 saturated heterocycles. The van der Waals surface area contributed by atoms with Gasteiger partial charge in [-0.1, -0.05) is 166 Å². The lowest BCUT2D eigenvalue weighted by atomic mass is 9.56. The van der Waals surface area contributed by atoms with E-state index >= 15 is 0 Å². The maximum Gasteiger partial charge on any atom is 0.0278 e. The van der Waals surface area contributed by atoms with Crippen molar-refractivity contribution < 1.29 is 0 Å². The number of allylic oxidation sites excluding steroid dienone is 5. The largest absolute Gasteiger partial charge is 0.123 e. The Hall–Kier alpha value is -1.92. The lowest BCUT2D eigenvalue weighted by Crippen LogP contribution is -2.35. The van der Waals surface area contributed by atoms with Crippen LogP contribution in [0, 0.1) is 27.2 Å². The van der Waals surface area contributed by atoms with Gasteiger partial charge < -0.3 is 0 Å². The van der Waals surface area contributed by atoms with Gasteiger partial charge in [0, 0.05) is 12.9 Å². The van der Waals surface area contributed by atoms with Crippen LogP contribution >= 0.6 is 41.5 Å². The maximum absolute atomic E-state index is 4.79. The standard InChI is InChI=1S/C45H58I2/c1-14-17-42-44(10,11)40(36-22-20-35(21-23-36)33(5)46-13)26-27-45(42,12)29-31(3)32(4)38-18-15-16-19-39(38)34(6)47-41-25-24-37(28-30(41)2)43(7,8)9/h15-26,28,31,33H,4,13-14,27,29H2,1-3,5-12H3/b42-17-/t31-,33+,45-/m1/s1. The molecule has 0 unspecified atom stereocenters. The number of aryl methyl sites for hydroxylation is 1. The monoisotopic (exact) mass is 852 g/mol. The Morgan fingerprint density at radius 2 is 1.60 bits per heavy atom. The summed E-state index contributed by atoms with van der Waals surface area (Å²) in [5.41, 5.74) is 12.9. The third-order valence-corrected chi connectivity index (χ3v) is 15.6. The van der Waals surface area contributed by atoms with Gasteiger partial charge in [0.15, 0.2) is 0 Å². The van der Waals surface area contributed by atoms with Gasteiger partial charge in [-0.15, -0.1) is 20.7 Å². The molecule has 4 rings (SSSR count). The Balaban J connectivity index is 1.63. The van der Waals surface area contributed by atoms with E-state index in [4.69, 9.17) is 6.58 Å². The van der Waals surface area contributed by atoms with Crippen LogP contribution in [0.15, 0.2) is 91.0 Å². The zero-order chi connectivity index (χ0) is 34.7. The third-order valence-electron chi connectivity index (χ3n) is 10.3. The van der Waals surface area contributed by atoms with E-state index in [-0.39, 0.29) is 57.7 Å². The third kappa shape index (κ3) is 8.46. The average molecular weight is 853 g/mol. The number of hydrogen-bond acceptors (Lipinski definition) is 0. The zero-order valence-corrected chi connectivity index (χ0v) is 35.3. The summed E-state index contributed by atoms with van der Waals surface area (Å²) < 4.78 is 7.86. The normalized spacial score (nSPS) is 20.7. The highest BCUT2D eigenvalue weighted by Crippen LogP contribution is 2.57. The molecule has 0 radical (unpaired) electrons. The Labute approximate surface area is 307 Å². The predicted molar refractivity (Wildman–Crippen MR) is 230 cm³/mol. The van der Waals surface area contributed by atoms with E-state index in [1.807, 2.05) is 0 Å². The zero-order valence-electron chi connectivity index (χ0n) is 31.0. The van der Waals surface area contributed by atoms with Crippen molar-refractivity contribution >= 4 is 60.6 Å². The lowest BCUT2D eigenvalue weighted by Gasteiger charge is -2.48. The molecule has 0 bridgehead atoms. The van der Waals surface area contributed by atoms with Crippen molar-refractivity contribution in [3.8, 4) is 0 Å². The fraction of sp³-hybridized carbons (Fsp3) is 0.422. The van der Waals surface area contributed by atoms with Crippen molar-refractivity contribution in [2.75, 3.05) is 0 Å². The minimum absolute atomic E-state index is 0.0382. The first-order chi connectivity index (χ1) is 22.0. The van der Waals surface area contributed by atoms with Gasteiger partial charge in [0.2, 0.25) is 0 Å². The van der Waals surface area contributed by atoms with E-state index in [0.29, 0.717) is 9.84 Å². The highest BCUT2D eigenvalue weighted by Gasteiger charge is 2.44. The lowest BCUT2D eigenvalue weighted by molar-refractivity contribution is 0.277. The van der Waals surface area contributed by atoms with E-state index in [2.05, 4.69) is 160 Å². The summed E-state index contributed by atoms with van der Waals surface area (Å²) in [5, 5.41) is 0. The number of hydrogen-bond donors (Lipinski definition) is 0. The molecule has 0 heterocycles. The molecule has 3 aromatic rings.